The maximum atomic E-state index is 11.3. The first-order valence-corrected chi connectivity index (χ1v) is 6.24. The van der Waals surface area contributed by atoms with Gasteiger partial charge in [0.2, 0.25) is 0 Å². The van der Waals surface area contributed by atoms with Crippen molar-refractivity contribution in [1.82, 2.24) is 0 Å². The Bertz CT molecular complexity index is 458. The molecule has 0 unspecified atom stereocenters. The number of carbonyl (C=O) groups excluding carboxylic acids is 1. The van der Waals surface area contributed by atoms with E-state index in [0.717, 1.165) is 12.8 Å². The van der Waals surface area contributed by atoms with E-state index in [-0.39, 0.29) is 22.9 Å². The van der Waals surface area contributed by atoms with E-state index in [1.165, 1.54) is 12.1 Å². The zero-order valence-corrected chi connectivity index (χ0v) is 11.3. The number of unbranched alkanes of at least 4 members (excludes halogenated alkanes) is 1. The van der Waals surface area contributed by atoms with Crippen molar-refractivity contribution in [2.45, 2.75) is 19.8 Å². The lowest BCUT2D eigenvalue weighted by atomic mass is 10.2. The summed E-state index contributed by atoms with van der Waals surface area (Å²) in [5.74, 6) is -1.70. The van der Waals surface area contributed by atoms with Gasteiger partial charge in [0.05, 0.1) is 11.6 Å². The van der Waals surface area contributed by atoms with Gasteiger partial charge in [-0.05, 0) is 18.6 Å². The summed E-state index contributed by atoms with van der Waals surface area (Å²) < 4.78 is 10.0. The molecule has 5 nitrogen and oxygen atoms in total. The van der Waals surface area contributed by atoms with Crippen LogP contribution in [0.5, 0.6) is 5.75 Å². The Morgan fingerprint density at radius 2 is 2.11 bits per heavy atom. The summed E-state index contributed by atoms with van der Waals surface area (Å²) >= 11 is 5.77. The molecule has 1 rings (SSSR count). The molecular formula is C13H15ClO5. The maximum Gasteiger partial charge on any atom is 0.344 e. The van der Waals surface area contributed by atoms with Crippen LogP contribution in [-0.4, -0.2) is 30.3 Å². The van der Waals surface area contributed by atoms with Crippen LogP contribution in [0.15, 0.2) is 18.2 Å². The Morgan fingerprint density at radius 1 is 1.37 bits per heavy atom. The smallest absolute Gasteiger partial charge is 0.344 e. The van der Waals surface area contributed by atoms with Crippen LogP contribution < -0.4 is 4.74 Å². The molecule has 19 heavy (non-hydrogen) atoms. The second-order valence-electron chi connectivity index (χ2n) is 3.78. The number of halogens is 1. The van der Waals surface area contributed by atoms with Crippen molar-refractivity contribution < 1.29 is 24.2 Å². The van der Waals surface area contributed by atoms with Gasteiger partial charge in [0.15, 0.2) is 6.61 Å². The summed E-state index contributed by atoms with van der Waals surface area (Å²) in [7, 11) is 0. The molecule has 1 aromatic rings. The van der Waals surface area contributed by atoms with Crippen molar-refractivity contribution in [3.63, 3.8) is 0 Å². The van der Waals surface area contributed by atoms with Crippen molar-refractivity contribution in [2.24, 2.45) is 0 Å². The molecule has 0 saturated heterocycles. The second kappa shape index (κ2) is 7.63. The summed E-state index contributed by atoms with van der Waals surface area (Å²) in [5.41, 5.74) is -0.162. The number of hydrogen-bond donors (Lipinski definition) is 1. The molecule has 0 aliphatic rings. The lowest BCUT2D eigenvalue weighted by Gasteiger charge is -2.09. The highest BCUT2D eigenvalue weighted by molar-refractivity contribution is 6.33. The quantitative estimate of drug-likeness (QED) is 0.616. The molecule has 0 spiro atoms. The van der Waals surface area contributed by atoms with Crippen LogP contribution in [0.2, 0.25) is 5.02 Å². The number of benzene rings is 1. The van der Waals surface area contributed by atoms with E-state index in [0.29, 0.717) is 6.61 Å². The van der Waals surface area contributed by atoms with Gasteiger partial charge in [0, 0.05) is 0 Å². The van der Waals surface area contributed by atoms with Crippen LogP contribution in [0.1, 0.15) is 30.1 Å². The molecule has 0 aliphatic heterocycles. The Morgan fingerprint density at radius 3 is 2.74 bits per heavy atom. The minimum atomic E-state index is -1.21. The fourth-order valence-electron chi connectivity index (χ4n) is 1.34. The summed E-state index contributed by atoms with van der Waals surface area (Å²) in [4.78, 5) is 22.3. The average molecular weight is 287 g/mol. The third kappa shape index (κ3) is 4.79. The predicted molar refractivity (Wildman–Crippen MR) is 69.8 cm³/mol. The monoisotopic (exact) mass is 286 g/mol. The third-order valence-electron chi connectivity index (χ3n) is 2.30. The first-order chi connectivity index (χ1) is 9.06. The standard InChI is InChI=1S/C13H15ClO5/c1-2-3-7-18-11(15)8-19-10-6-4-5-9(14)12(10)13(16)17/h4-6H,2-3,7-8H2,1H3,(H,16,17). The van der Waals surface area contributed by atoms with Gasteiger partial charge in [0.1, 0.15) is 11.3 Å². The molecule has 0 atom stereocenters. The van der Waals surface area contributed by atoms with Gasteiger partial charge in [-0.15, -0.1) is 0 Å². The van der Waals surface area contributed by atoms with E-state index >= 15 is 0 Å². The summed E-state index contributed by atoms with van der Waals surface area (Å²) in [6, 6.07) is 4.43. The lowest BCUT2D eigenvalue weighted by Crippen LogP contribution is -2.16. The zero-order valence-electron chi connectivity index (χ0n) is 10.5. The van der Waals surface area contributed by atoms with Crippen molar-refractivity contribution >= 4 is 23.5 Å². The molecule has 104 valence electrons. The van der Waals surface area contributed by atoms with Crippen molar-refractivity contribution in [2.75, 3.05) is 13.2 Å². The Labute approximate surface area is 116 Å². The number of esters is 1. The first-order valence-electron chi connectivity index (χ1n) is 5.86. The molecule has 0 heterocycles. The minimum absolute atomic E-state index is 0.0486. The van der Waals surface area contributed by atoms with Gasteiger partial charge in [0.25, 0.3) is 0 Å². The van der Waals surface area contributed by atoms with Gasteiger partial charge in [-0.2, -0.15) is 0 Å². The SMILES string of the molecule is CCCCOC(=O)COc1cccc(Cl)c1C(=O)O. The van der Waals surface area contributed by atoms with Gasteiger partial charge >= 0.3 is 11.9 Å². The van der Waals surface area contributed by atoms with Gasteiger partial charge < -0.3 is 14.6 Å². The largest absolute Gasteiger partial charge is 0.481 e. The first kappa shape index (κ1) is 15.3. The number of carboxylic acids is 1. The fraction of sp³-hybridized carbons (Fsp3) is 0.385. The van der Waals surface area contributed by atoms with E-state index in [4.69, 9.17) is 26.2 Å². The van der Waals surface area contributed by atoms with Gasteiger partial charge in [-0.25, -0.2) is 9.59 Å². The highest BCUT2D eigenvalue weighted by Crippen LogP contribution is 2.26. The van der Waals surface area contributed by atoms with Gasteiger partial charge in [-0.1, -0.05) is 31.0 Å². The Kier molecular flexibility index (Phi) is 6.15. The third-order valence-corrected chi connectivity index (χ3v) is 2.61. The van der Waals surface area contributed by atoms with E-state index in [9.17, 15) is 9.59 Å². The lowest BCUT2D eigenvalue weighted by molar-refractivity contribution is -0.146. The van der Waals surface area contributed by atoms with Crippen molar-refractivity contribution in [1.29, 1.82) is 0 Å². The number of rotatable bonds is 7. The predicted octanol–water partition coefficient (Wildman–Crippen LogP) is 2.76. The van der Waals surface area contributed by atoms with Crippen LogP contribution in [0.3, 0.4) is 0 Å². The van der Waals surface area contributed by atoms with Crippen LogP contribution >= 0.6 is 11.6 Å². The Balaban J connectivity index is 2.60. The number of carboxylic acid groups (broad SMARTS) is 1. The van der Waals surface area contributed by atoms with E-state index in [1.807, 2.05) is 6.92 Å². The molecule has 0 amide bonds. The molecular weight excluding hydrogens is 272 g/mol. The van der Waals surface area contributed by atoms with Crippen LogP contribution in [-0.2, 0) is 9.53 Å². The number of hydrogen-bond acceptors (Lipinski definition) is 4. The average Bonchev–Trinajstić information content (AvgIpc) is 2.36. The molecule has 1 N–H and O–H groups in total. The topological polar surface area (TPSA) is 72.8 Å². The molecule has 0 aromatic heterocycles. The van der Waals surface area contributed by atoms with Crippen molar-refractivity contribution in [3.05, 3.63) is 28.8 Å². The number of aromatic carboxylic acids is 1. The molecule has 0 bridgehead atoms. The number of ether oxygens (including phenoxy) is 2. The Hall–Kier alpha value is -1.75. The summed E-state index contributed by atoms with van der Waals surface area (Å²) in [6.07, 6.45) is 1.70. The molecule has 0 saturated carbocycles. The van der Waals surface area contributed by atoms with Crippen LogP contribution in [0.4, 0.5) is 0 Å². The molecule has 6 heteroatoms. The molecule has 1 aromatic carbocycles. The van der Waals surface area contributed by atoms with Crippen molar-refractivity contribution in [3.8, 4) is 5.75 Å². The molecule has 0 radical (unpaired) electrons. The van der Waals surface area contributed by atoms with E-state index in [2.05, 4.69) is 0 Å². The molecule has 0 fully saturated rings. The molecule has 0 aliphatic carbocycles. The zero-order chi connectivity index (χ0) is 14.3. The highest BCUT2D eigenvalue weighted by atomic mass is 35.5. The maximum absolute atomic E-state index is 11.3. The normalized spacial score (nSPS) is 10.0. The van der Waals surface area contributed by atoms with Crippen LogP contribution in [0.25, 0.3) is 0 Å². The fourth-order valence-corrected chi connectivity index (χ4v) is 1.59. The van der Waals surface area contributed by atoms with Gasteiger partial charge in [-0.3, -0.25) is 0 Å². The number of carbonyl (C=O) groups is 2. The van der Waals surface area contributed by atoms with E-state index < -0.39 is 11.9 Å². The van der Waals surface area contributed by atoms with E-state index in [1.54, 1.807) is 6.07 Å². The van der Waals surface area contributed by atoms with Crippen LogP contribution in [0, 0.1) is 0 Å². The summed E-state index contributed by atoms with van der Waals surface area (Å²) in [5, 5.41) is 9.06. The second-order valence-corrected chi connectivity index (χ2v) is 4.19. The summed E-state index contributed by atoms with van der Waals surface area (Å²) in [6.45, 7) is 1.97. The highest BCUT2D eigenvalue weighted by Gasteiger charge is 2.16. The minimum Gasteiger partial charge on any atom is -0.481 e.